The van der Waals surface area contributed by atoms with E-state index in [-0.39, 0.29) is 17.6 Å². The Hall–Kier alpha value is -1.04. The zero-order valence-electron chi connectivity index (χ0n) is 14.8. The van der Waals surface area contributed by atoms with Gasteiger partial charge in [0.15, 0.2) is 8.32 Å². The van der Waals surface area contributed by atoms with Crippen molar-refractivity contribution in [2.75, 3.05) is 13.2 Å². The molecule has 1 N–H and O–H groups in total. The number of ether oxygens (including phenoxy) is 1. The molecule has 128 valence electrons. The van der Waals surface area contributed by atoms with Gasteiger partial charge in [-0.15, -0.1) is 0 Å². The lowest BCUT2D eigenvalue weighted by Crippen LogP contribution is -2.39. The lowest BCUT2D eigenvalue weighted by Gasteiger charge is -2.35. The summed E-state index contributed by atoms with van der Waals surface area (Å²) in [6.45, 7) is 12.1. The molecule has 0 saturated carbocycles. The first-order valence-corrected chi connectivity index (χ1v) is 10.9. The number of azide groups is 1. The molecule has 0 heterocycles. The molecule has 0 aromatic carbocycles. The van der Waals surface area contributed by atoms with E-state index in [4.69, 9.17) is 10.3 Å². The van der Waals surface area contributed by atoms with Crippen LogP contribution in [0.1, 0.15) is 53.4 Å². The fourth-order valence-corrected chi connectivity index (χ4v) is 2.92. The molecule has 0 aliphatic rings. The van der Waals surface area contributed by atoms with E-state index < -0.39 is 13.7 Å². The summed E-state index contributed by atoms with van der Waals surface area (Å²) in [5.41, 5.74) is 7.73. The molecule has 0 radical (unpaired) electrons. The van der Waals surface area contributed by atoms with Gasteiger partial charge in [-0.25, -0.2) is 0 Å². The number of unbranched alkanes of at least 4 members (excludes halogenated alkanes) is 1. The van der Waals surface area contributed by atoms with Gasteiger partial charge < -0.3 is 9.53 Å². The third kappa shape index (κ3) is 6.38. The van der Waals surface area contributed by atoms with Gasteiger partial charge in [0.25, 0.3) is 0 Å². The van der Waals surface area contributed by atoms with E-state index in [1.54, 1.807) is 13.8 Å². The molecule has 0 fully saturated rings. The minimum absolute atomic E-state index is 0.0574. The van der Waals surface area contributed by atoms with Crippen molar-refractivity contribution >= 4 is 14.3 Å². The monoisotopic (exact) mass is 329 g/mol. The van der Waals surface area contributed by atoms with Gasteiger partial charge in [0.1, 0.15) is 0 Å². The molecular formula is C15H31N3O3Si. The molecule has 1 atom stereocenters. The van der Waals surface area contributed by atoms with Gasteiger partial charge in [0.05, 0.1) is 12.0 Å². The predicted octanol–water partition coefficient (Wildman–Crippen LogP) is 4.40. The second-order valence-electron chi connectivity index (χ2n) is 7.32. The van der Waals surface area contributed by atoms with Gasteiger partial charge in [-0.05, 0) is 50.4 Å². The van der Waals surface area contributed by atoms with Crippen molar-refractivity contribution in [1.29, 1.82) is 0 Å². The van der Waals surface area contributed by atoms with Crippen LogP contribution in [-0.4, -0.2) is 32.2 Å². The normalized spacial score (nSPS) is 14.9. The third-order valence-corrected chi connectivity index (χ3v) is 8.25. The summed E-state index contributed by atoms with van der Waals surface area (Å²) in [5, 5.41) is 3.50. The number of hydrogen-bond donors (Lipinski definition) is 1. The average Bonchev–Trinajstić information content (AvgIpc) is 2.40. The van der Waals surface area contributed by atoms with E-state index in [1.165, 1.54) is 0 Å². The molecule has 6 nitrogen and oxygen atoms in total. The summed E-state index contributed by atoms with van der Waals surface area (Å²) in [6, 6.07) is 0. The van der Waals surface area contributed by atoms with Gasteiger partial charge in [-0.2, -0.15) is 0 Å². The Morgan fingerprint density at radius 3 is 2.27 bits per heavy atom. The third-order valence-electron chi connectivity index (χ3n) is 4.69. The van der Waals surface area contributed by atoms with Crippen LogP contribution in [0.4, 0.5) is 0 Å². The second-order valence-corrected chi connectivity index (χ2v) is 11.8. The Kier molecular flexibility index (Phi) is 8.15. The molecule has 0 rings (SSSR count). The molecule has 22 heavy (non-hydrogen) atoms. The Labute approximate surface area is 135 Å². The first kappa shape index (κ1) is 21.0. The quantitative estimate of drug-likeness (QED) is 0.161. The van der Waals surface area contributed by atoms with Gasteiger partial charge in [-0.3, -0.25) is 4.79 Å². The number of esters is 1. The van der Waals surface area contributed by atoms with E-state index >= 15 is 0 Å². The van der Waals surface area contributed by atoms with Gasteiger partial charge in [0.2, 0.25) is 0 Å². The van der Waals surface area contributed by atoms with Gasteiger partial charge in [0, 0.05) is 11.5 Å². The highest BCUT2D eigenvalue weighted by atomic mass is 28.4. The van der Waals surface area contributed by atoms with E-state index in [2.05, 4.69) is 23.9 Å². The molecule has 0 aliphatic carbocycles. The summed E-state index contributed by atoms with van der Waals surface area (Å²) in [4.78, 5) is 25.1. The van der Waals surface area contributed by atoms with Crippen LogP contribution in [0.2, 0.25) is 18.1 Å². The number of rotatable bonds is 10. The van der Waals surface area contributed by atoms with E-state index in [0.717, 1.165) is 19.3 Å². The maximum Gasteiger partial charge on any atom is 0.311 e. The summed E-state index contributed by atoms with van der Waals surface area (Å²) in [7, 11) is -2.19. The van der Waals surface area contributed by atoms with Crippen molar-refractivity contribution in [2.45, 2.75) is 71.5 Å². The highest BCUT2D eigenvalue weighted by Crippen LogP contribution is 2.40. The van der Waals surface area contributed by atoms with Crippen molar-refractivity contribution in [3.8, 4) is 0 Å². The fourth-order valence-electron chi connectivity index (χ4n) is 2.13. The van der Waals surface area contributed by atoms with Crippen molar-refractivity contribution in [3.63, 3.8) is 0 Å². The highest BCUT2D eigenvalue weighted by Gasteiger charge is 2.38. The van der Waals surface area contributed by atoms with Crippen LogP contribution in [0.25, 0.3) is 10.4 Å². The van der Waals surface area contributed by atoms with Gasteiger partial charge >= 0.3 is 5.97 Å². The van der Waals surface area contributed by atoms with Crippen LogP contribution in [0.15, 0.2) is 5.11 Å². The van der Waals surface area contributed by atoms with Crippen LogP contribution in [-0.2, 0) is 9.53 Å². The molecular weight excluding hydrogens is 298 g/mol. The minimum Gasteiger partial charge on any atom is -0.466 e. The molecule has 1 unspecified atom stereocenters. The van der Waals surface area contributed by atoms with E-state index in [1.807, 2.05) is 13.1 Å². The predicted molar refractivity (Wildman–Crippen MR) is 91.0 cm³/mol. The largest absolute Gasteiger partial charge is 0.466 e. The van der Waals surface area contributed by atoms with Crippen LogP contribution in [0, 0.1) is 5.41 Å². The van der Waals surface area contributed by atoms with Crippen molar-refractivity contribution in [3.05, 3.63) is 10.4 Å². The maximum absolute atomic E-state index is 12.1. The molecule has 7 heteroatoms. The van der Waals surface area contributed by atoms with Crippen molar-refractivity contribution in [2.24, 2.45) is 10.5 Å². The summed E-state index contributed by atoms with van der Waals surface area (Å²) < 4.78 is 5.10. The number of hydrogen-bond acceptors (Lipinski definition) is 4. The molecule has 0 aromatic rings. The Bertz CT molecular complexity index is 415. The Morgan fingerprint density at radius 2 is 1.82 bits per heavy atom. The van der Waals surface area contributed by atoms with Crippen molar-refractivity contribution < 1.29 is 14.3 Å². The number of nitrogens with zero attached hydrogens (tertiary/aromatic N) is 3. The van der Waals surface area contributed by atoms with Crippen LogP contribution in [0.5, 0.6) is 0 Å². The molecule has 0 aliphatic heterocycles. The Balaban J connectivity index is 4.59. The topological polar surface area (TPSA) is 95.3 Å². The lowest BCUT2D eigenvalue weighted by atomic mass is 9.84. The smallest absolute Gasteiger partial charge is 0.311 e. The fraction of sp³-hybridized carbons (Fsp3) is 0.933. The summed E-state index contributed by atoms with van der Waals surface area (Å²) in [5.74, 6) is -0.307. The summed E-state index contributed by atoms with van der Waals surface area (Å²) in [6.07, 6.45) is 3.30. The molecule has 0 saturated heterocycles. The summed E-state index contributed by atoms with van der Waals surface area (Å²) >= 11 is 0. The molecule has 0 bridgehead atoms. The molecule has 0 aromatic heterocycles. The van der Waals surface area contributed by atoms with Crippen LogP contribution >= 0.6 is 0 Å². The first-order valence-electron chi connectivity index (χ1n) is 7.90. The first-order chi connectivity index (χ1) is 10.00. The minimum atomic E-state index is -2.19. The van der Waals surface area contributed by atoms with Crippen molar-refractivity contribution in [1.82, 2.24) is 0 Å². The van der Waals surface area contributed by atoms with Crippen LogP contribution in [0.3, 0.4) is 0 Å². The van der Waals surface area contributed by atoms with Crippen LogP contribution < -0.4 is 0 Å². The zero-order chi connectivity index (χ0) is 17.4. The second kappa shape index (κ2) is 8.55. The van der Waals surface area contributed by atoms with Gasteiger partial charge in [-0.1, -0.05) is 31.8 Å². The highest BCUT2D eigenvalue weighted by molar-refractivity contribution is 6.72. The average molecular weight is 330 g/mol. The van der Waals surface area contributed by atoms with E-state index in [0.29, 0.717) is 13.0 Å². The lowest BCUT2D eigenvalue weighted by molar-refractivity contribution is -0.154. The Morgan fingerprint density at radius 1 is 1.27 bits per heavy atom. The number of carbonyl (C=O) groups excluding carboxylic acids is 1. The molecule has 0 amide bonds. The standard InChI is InChI=1S/C15H31N3O3Si/c1-7-21-13(19)15(4,12-17-18-16)11-9-8-10-14(2,3)22(5,6)20/h20H,7-12H2,1-6H3. The SMILES string of the molecule is CCOC(=O)C(C)(CCCCC(C)(C)[Si](C)(C)O)CN=[N+]=[N-]. The zero-order valence-corrected chi connectivity index (χ0v) is 15.8. The van der Waals surface area contributed by atoms with E-state index in [9.17, 15) is 9.59 Å². The number of carbonyl (C=O) groups is 1. The maximum atomic E-state index is 12.1. The molecule has 0 spiro atoms.